The molecule has 1 saturated heterocycles. The molecule has 0 radical (unpaired) electrons. The lowest BCUT2D eigenvalue weighted by Crippen LogP contribution is -2.46. The zero-order valence-electron chi connectivity index (χ0n) is 18.4. The number of piperazine rings is 1. The summed E-state index contributed by atoms with van der Waals surface area (Å²) in [5.41, 5.74) is 3.20. The number of rotatable bonds is 7. The number of hydrogen-bond donors (Lipinski definition) is 0. The van der Waals surface area contributed by atoms with Crippen LogP contribution in [-0.2, 0) is 0 Å². The number of hydrogen-bond acceptors (Lipinski definition) is 7. The second-order valence-electron chi connectivity index (χ2n) is 8.19. The Morgan fingerprint density at radius 1 is 1.06 bits per heavy atom. The fourth-order valence-electron chi connectivity index (χ4n) is 4.18. The molecule has 0 atom stereocenters. The number of anilines is 1. The predicted molar refractivity (Wildman–Crippen MR) is 124 cm³/mol. The molecular formula is C24H27N3O5. The van der Waals surface area contributed by atoms with Gasteiger partial charge in [-0.05, 0) is 55.7 Å². The van der Waals surface area contributed by atoms with Crippen molar-refractivity contribution in [2.24, 2.45) is 0 Å². The lowest BCUT2D eigenvalue weighted by molar-refractivity contribution is -0.384. The van der Waals surface area contributed by atoms with Crippen LogP contribution < -0.4 is 15.3 Å². The maximum absolute atomic E-state index is 11.7. The third-order valence-electron chi connectivity index (χ3n) is 5.82. The van der Waals surface area contributed by atoms with Gasteiger partial charge in [0.05, 0.1) is 16.9 Å². The average molecular weight is 437 g/mol. The largest absolute Gasteiger partial charge is 0.493 e. The molecule has 1 aromatic heterocycles. The van der Waals surface area contributed by atoms with E-state index in [0.29, 0.717) is 12.2 Å². The van der Waals surface area contributed by atoms with E-state index in [0.717, 1.165) is 67.1 Å². The third-order valence-corrected chi connectivity index (χ3v) is 5.82. The van der Waals surface area contributed by atoms with Gasteiger partial charge in [0, 0.05) is 56.6 Å². The number of nitro benzene ring substituents is 1. The molecule has 168 valence electrons. The van der Waals surface area contributed by atoms with Gasteiger partial charge in [-0.3, -0.25) is 15.0 Å². The summed E-state index contributed by atoms with van der Waals surface area (Å²) in [6.07, 6.45) is 0.892. The smallest absolute Gasteiger partial charge is 0.336 e. The van der Waals surface area contributed by atoms with E-state index in [2.05, 4.69) is 9.80 Å². The van der Waals surface area contributed by atoms with E-state index in [9.17, 15) is 14.9 Å². The zero-order chi connectivity index (χ0) is 22.7. The first-order valence-corrected chi connectivity index (χ1v) is 10.8. The Bertz CT molecular complexity index is 1160. The van der Waals surface area contributed by atoms with Gasteiger partial charge in [-0.1, -0.05) is 0 Å². The molecule has 0 spiro atoms. The van der Waals surface area contributed by atoms with E-state index in [1.54, 1.807) is 12.1 Å². The van der Waals surface area contributed by atoms with Gasteiger partial charge in [0.15, 0.2) is 0 Å². The summed E-state index contributed by atoms with van der Waals surface area (Å²) in [4.78, 5) is 26.8. The van der Waals surface area contributed by atoms with Crippen LogP contribution in [0, 0.1) is 24.0 Å². The van der Waals surface area contributed by atoms with Gasteiger partial charge >= 0.3 is 5.63 Å². The molecule has 0 bridgehead atoms. The summed E-state index contributed by atoms with van der Waals surface area (Å²) in [7, 11) is 0. The Balaban J connectivity index is 1.27. The van der Waals surface area contributed by atoms with Crippen LogP contribution in [0.2, 0.25) is 0 Å². The number of nitro groups is 1. The Hall–Kier alpha value is -3.39. The maximum atomic E-state index is 11.7. The van der Waals surface area contributed by atoms with Crippen molar-refractivity contribution >= 4 is 22.3 Å². The lowest BCUT2D eigenvalue weighted by atomic mass is 10.1. The first-order chi connectivity index (χ1) is 15.4. The summed E-state index contributed by atoms with van der Waals surface area (Å²) >= 11 is 0. The first kappa shape index (κ1) is 21.8. The molecule has 0 aliphatic carbocycles. The molecule has 0 saturated carbocycles. The third kappa shape index (κ3) is 4.91. The maximum Gasteiger partial charge on any atom is 0.336 e. The minimum absolute atomic E-state index is 0.117. The Morgan fingerprint density at radius 2 is 1.78 bits per heavy atom. The summed E-state index contributed by atoms with van der Waals surface area (Å²) in [6, 6.07) is 12.1. The van der Waals surface area contributed by atoms with Crippen molar-refractivity contribution in [3.63, 3.8) is 0 Å². The minimum atomic E-state index is -0.374. The summed E-state index contributed by atoms with van der Waals surface area (Å²) < 4.78 is 11.4. The average Bonchev–Trinajstić information content (AvgIpc) is 2.76. The molecule has 32 heavy (non-hydrogen) atoms. The van der Waals surface area contributed by atoms with E-state index in [1.165, 1.54) is 6.07 Å². The van der Waals surface area contributed by atoms with Gasteiger partial charge in [0.2, 0.25) is 0 Å². The molecule has 4 rings (SSSR count). The van der Waals surface area contributed by atoms with Crippen molar-refractivity contribution in [1.82, 2.24) is 4.90 Å². The molecule has 8 heteroatoms. The molecule has 3 aromatic rings. The molecule has 2 aromatic carbocycles. The number of fused-ring (bicyclic) bond motifs is 1. The van der Waals surface area contributed by atoms with Gasteiger partial charge in [-0.15, -0.1) is 0 Å². The van der Waals surface area contributed by atoms with Gasteiger partial charge in [-0.25, -0.2) is 4.79 Å². The highest BCUT2D eigenvalue weighted by molar-refractivity contribution is 5.87. The van der Waals surface area contributed by atoms with E-state index in [1.807, 2.05) is 38.1 Å². The van der Waals surface area contributed by atoms with Crippen molar-refractivity contribution in [3.05, 3.63) is 74.1 Å². The van der Waals surface area contributed by atoms with Crippen LogP contribution in [-0.4, -0.2) is 49.2 Å². The molecule has 0 amide bonds. The summed E-state index contributed by atoms with van der Waals surface area (Å²) in [6.45, 7) is 9.03. The Morgan fingerprint density at radius 3 is 2.47 bits per heavy atom. The van der Waals surface area contributed by atoms with Crippen LogP contribution in [0.3, 0.4) is 0 Å². The molecular weight excluding hydrogens is 410 g/mol. The van der Waals surface area contributed by atoms with Crippen LogP contribution in [0.1, 0.15) is 17.5 Å². The van der Waals surface area contributed by atoms with E-state index in [4.69, 9.17) is 9.15 Å². The number of non-ortho nitro benzene ring substituents is 1. The SMILES string of the molecule is Cc1cc(OCCCN2CCN(c3ccc([N+](=O)[O-])cc3)CC2)c2c(C)cc(=O)oc2c1. The second-order valence-corrected chi connectivity index (χ2v) is 8.19. The van der Waals surface area contributed by atoms with Crippen molar-refractivity contribution in [1.29, 1.82) is 0 Å². The van der Waals surface area contributed by atoms with Crippen LogP contribution in [0.25, 0.3) is 11.0 Å². The molecule has 1 fully saturated rings. The van der Waals surface area contributed by atoms with Crippen LogP contribution in [0.15, 0.2) is 51.7 Å². The molecule has 0 N–H and O–H groups in total. The number of nitrogens with zero attached hydrogens (tertiary/aromatic N) is 3. The van der Waals surface area contributed by atoms with Crippen LogP contribution >= 0.6 is 0 Å². The highest BCUT2D eigenvalue weighted by Gasteiger charge is 2.18. The van der Waals surface area contributed by atoms with Gasteiger partial charge in [0.25, 0.3) is 5.69 Å². The monoisotopic (exact) mass is 437 g/mol. The van der Waals surface area contributed by atoms with Crippen LogP contribution in [0.5, 0.6) is 5.75 Å². The topological polar surface area (TPSA) is 89.1 Å². The van der Waals surface area contributed by atoms with Crippen LogP contribution in [0.4, 0.5) is 11.4 Å². The fourth-order valence-corrected chi connectivity index (χ4v) is 4.18. The van der Waals surface area contributed by atoms with Crippen molar-refractivity contribution in [2.45, 2.75) is 20.3 Å². The molecule has 1 aliphatic rings. The highest BCUT2D eigenvalue weighted by atomic mass is 16.6. The summed E-state index contributed by atoms with van der Waals surface area (Å²) in [5.74, 6) is 0.754. The molecule has 2 heterocycles. The van der Waals surface area contributed by atoms with E-state index in [-0.39, 0.29) is 16.2 Å². The molecule has 1 aliphatic heterocycles. The minimum Gasteiger partial charge on any atom is -0.493 e. The lowest BCUT2D eigenvalue weighted by Gasteiger charge is -2.36. The van der Waals surface area contributed by atoms with E-state index < -0.39 is 0 Å². The highest BCUT2D eigenvalue weighted by Crippen LogP contribution is 2.29. The van der Waals surface area contributed by atoms with Crippen molar-refractivity contribution in [3.8, 4) is 5.75 Å². The number of ether oxygens (including phenoxy) is 1. The predicted octanol–water partition coefficient (Wildman–Crippen LogP) is 3.91. The number of aryl methyl sites for hydroxylation is 2. The normalized spacial score (nSPS) is 14.6. The van der Waals surface area contributed by atoms with Crippen molar-refractivity contribution in [2.75, 3.05) is 44.2 Å². The van der Waals surface area contributed by atoms with E-state index >= 15 is 0 Å². The van der Waals surface area contributed by atoms with Gasteiger partial charge in [0.1, 0.15) is 11.3 Å². The summed E-state index contributed by atoms with van der Waals surface area (Å²) in [5, 5.41) is 11.7. The first-order valence-electron chi connectivity index (χ1n) is 10.8. The van der Waals surface area contributed by atoms with Crippen molar-refractivity contribution < 1.29 is 14.1 Å². The fraction of sp³-hybridized carbons (Fsp3) is 0.375. The second kappa shape index (κ2) is 9.40. The quantitative estimate of drug-likeness (QED) is 0.240. The van der Waals surface area contributed by atoms with Gasteiger partial charge in [-0.2, -0.15) is 0 Å². The number of benzene rings is 2. The standard InChI is InChI=1S/C24H27N3O5/c1-17-14-21(24-18(2)16-23(28)32-22(24)15-17)31-13-3-8-25-9-11-26(12-10-25)19-4-6-20(7-5-19)27(29)30/h4-7,14-16H,3,8-13H2,1-2H3. The molecule has 0 unspecified atom stereocenters. The van der Waals surface area contributed by atoms with Gasteiger partial charge < -0.3 is 14.1 Å². The Kier molecular flexibility index (Phi) is 6.41. The zero-order valence-corrected chi connectivity index (χ0v) is 18.4. The molecule has 8 nitrogen and oxygen atoms in total. The Labute approximate surface area is 186 Å².